The SMILES string of the molecule is O=C(C[C@H](NC(=O)OCc1ccccc1)C(=O)O)OCc1ccccc1. The summed E-state index contributed by atoms with van der Waals surface area (Å²) in [4.78, 5) is 34.8. The standard InChI is InChI=1S/C19H19NO6/c21-17(25-12-14-7-3-1-4-8-14)11-16(18(22)23)20-19(24)26-13-15-9-5-2-6-10-15/h1-10,16H,11-13H2,(H,20,24)(H,22,23)/t16-/m0/s1. The van der Waals surface area contributed by atoms with Crippen LogP contribution in [0.2, 0.25) is 0 Å². The number of alkyl carbamates (subject to hydrolysis) is 1. The van der Waals surface area contributed by atoms with E-state index in [4.69, 9.17) is 14.6 Å². The molecule has 136 valence electrons. The van der Waals surface area contributed by atoms with Gasteiger partial charge in [-0.3, -0.25) is 4.79 Å². The maximum atomic E-state index is 11.8. The Bertz CT molecular complexity index is 675. The largest absolute Gasteiger partial charge is 0.480 e. The Hall–Kier alpha value is -3.35. The molecule has 0 spiro atoms. The average Bonchev–Trinajstić information content (AvgIpc) is 2.66. The summed E-state index contributed by atoms with van der Waals surface area (Å²) in [5, 5.41) is 11.3. The minimum Gasteiger partial charge on any atom is -0.480 e. The van der Waals surface area contributed by atoms with Crippen LogP contribution in [0, 0.1) is 0 Å². The summed E-state index contributed by atoms with van der Waals surface area (Å²) in [5.74, 6) is -2.08. The van der Waals surface area contributed by atoms with Gasteiger partial charge >= 0.3 is 18.0 Å². The number of rotatable bonds is 8. The Morgan fingerprint density at radius 1 is 0.846 bits per heavy atom. The summed E-state index contributed by atoms with van der Waals surface area (Å²) >= 11 is 0. The highest BCUT2D eigenvalue weighted by Gasteiger charge is 2.24. The summed E-state index contributed by atoms with van der Waals surface area (Å²) in [6.07, 6.45) is -1.42. The first kappa shape index (κ1) is 19.0. The molecule has 0 heterocycles. The molecule has 2 aromatic carbocycles. The van der Waals surface area contributed by atoms with E-state index in [1.807, 2.05) is 12.1 Å². The van der Waals surface area contributed by atoms with E-state index < -0.39 is 30.5 Å². The second-order valence-corrected chi connectivity index (χ2v) is 5.45. The number of benzene rings is 2. The van der Waals surface area contributed by atoms with Crippen molar-refractivity contribution in [3.8, 4) is 0 Å². The third-order valence-corrected chi connectivity index (χ3v) is 3.42. The van der Waals surface area contributed by atoms with Crippen LogP contribution in [0.5, 0.6) is 0 Å². The molecule has 1 atom stereocenters. The molecule has 0 fully saturated rings. The normalized spacial score (nSPS) is 11.2. The third kappa shape index (κ3) is 6.64. The van der Waals surface area contributed by atoms with Crippen molar-refractivity contribution < 1.29 is 29.0 Å². The predicted octanol–water partition coefficient (Wildman–Crippen LogP) is 2.50. The highest BCUT2D eigenvalue weighted by molar-refractivity contribution is 5.85. The molecule has 0 bridgehead atoms. The van der Waals surface area contributed by atoms with Crippen molar-refractivity contribution >= 4 is 18.0 Å². The lowest BCUT2D eigenvalue weighted by molar-refractivity contribution is -0.150. The van der Waals surface area contributed by atoms with Gasteiger partial charge in [0.2, 0.25) is 0 Å². The van der Waals surface area contributed by atoms with Crippen LogP contribution >= 0.6 is 0 Å². The molecule has 2 aromatic rings. The van der Waals surface area contributed by atoms with Gasteiger partial charge in [-0.1, -0.05) is 60.7 Å². The molecule has 7 nitrogen and oxygen atoms in total. The molecule has 0 aliphatic carbocycles. The van der Waals surface area contributed by atoms with Crippen LogP contribution in [0.1, 0.15) is 17.5 Å². The van der Waals surface area contributed by atoms with Crippen molar-refractivity contribution in [2.75, 3.05) is 0 Å². The van der Waals surface area contributed by atoms with Crippen LogP contribution in [0.3, 0.4) is 0 Å². The highest BCUT2D eigenvalue weighted by Crippen LogP contribution is 2.05. The molecule has 1 amide bonds. The molecule has 0 radical (unpaired) electrons. The summed E-state index contributed by atoms with van der Waals surface area (Å²) in [6.45, 7) is 0.0297. The summed E-state index contributed by atoms with van der Waals surface area (Å²) in [6, 6.07) is 16.5. The van der Waals surface area contributed by atoms with Gasteiger partial charge in [-0.25, -0.2) is 9.59 Å². The quantitative estimate of drug-likeness (QED) is 0.704. The first-order valence-corrected chi connectivity index (χ1v) is 7.94. The number of hydrogen-bond acceptors (Lipinski definition) is 5. The van der Waals surface area contributed by atoms with Crippen molar-refractivity contribution in [1.29, 1.82) is 0 Å². The number of esters is 1. The molecule has 0 saturated carbocycles. The fourth-order valence-corrected chi connectivity index (χ4v) is 2.07. The van der Waals surface area contributed by atoms with Gasteiger partial charge < -0.3 is 19.9 Å². The second-order valence-electron chi connectivity index (χ2n) is 5.45. The van der Waals surface area contributed by atoms with E-state index in [0.29, 0.717) is 0 Å². The number of nitrogens with one attached hydrogen (secondary N) is 1. The lowest BCUT2D eigenvalue weighted by Crippen LogP contribution is -2.42. The zero-order valence-corrected chi connectivity index (χ0v) is 14.0. The second kappa shape index (κ2) is 9.83. The van der Waals surface area contributed by atoms with Crippen LogP contribution < -0.4 is 5.32 Å². The van der Waals surface area contributed by atoms with Gasteiger partial charge in [0.25, 0.3) is 0 Å². The van der Waals surface area contributed by atoms with Gasteiger partial charge in [0.15, 0.2) is 0 Å². The van der Waals surface area contributed by atoms with Crippen LogP contribution in [0.25, 0.3) is 0 Å². The summed E-state index contributed by atoms with van der Waals surface area (Å²) in [7, 11) is 0. The lowest BCUT2D eigenvalue weighted by atomic mass is 10.2. The fraction of sp³-hybridized carbons (Fsp3) is 0.211. The van der Waals surface area contributed by atoms with Gasteiger partial charge in [0.1, 0.15) is 19.3 Å². The highest BCUT2D eigenvalue weighted by atomic mass is 16.5. The van der Waals surface area contributed by atoms with Gasteiger partial charge in [-0.15, -0.1) is 0 Å². The molecule has 0 aromatic heterocycles. The predicted molar refractivity (Wildman–Crippen MR) is 92.0 cm³/mol. The van der Waals surface area contributed by atoms with Crippen molar-refractivity contribution in [2.45, 2.75) is 25.7 Å². The number of carboxylic acids is 1. The van der Waals surface area contributed by atoms with Gasteiger partial charge in [0.05, 0.1) is 6.42 Å². The lowest BCUT2D eigenvalue weighted by Gasteiger charge is -2.14. The molecule has 7 heteroatoms. The number of carbonyl (C=O) groups excluding carboxylic acids is 2. The molecule has 0 aliphatic heterocycles. The zero-order chi connectivity index (χ0) is 18.8. The number of hydrogen-bond donors (Lipinski definition) is 2. The average molecular weight is 357 g/mol. The zero-order valence-electron chi connectivity index (χ0n) is 14.0. The first-order chi connectivity index (χ1) is 12.5. The van der Waals surface area contributed by atoms with E-state index in [9.17, 15) is 14.4 Å². The van der Waals surface area contributed by atoms with Crippen molar-refractivity contribution in [3.63, 3.8) is 0 Å². The van der Waals surface area contributed by atoms with E-state index >= 15 is 0 Å². The number of ether oxygens (including phenoxy) is 2. The van der Waals surface area contributed by atoms with E-state index in [1.165, 1.54) is 0 Å². The Balaban J connectivity index is 1.78. The number of carboxylic acid groups (broad SMARTS) is 1. The number of aliphatic carboxylic acids is 1. The van der Waals surface area contributed by atoms with E-state index in [1.54, 1.807) is 48.5 Å². The molecule has 0 saturated heterocycles. The Morgan fingerprint density at radius 2 is 1.35 bits per heavy atom. The van der Waals surface area contributed by atoms with E-state index in [-0.39, 0.29) is 13.2 Å². The van der Waals surface area contributed by atoms with Crippen LogP contribution in [-0.4, -0.2) is 29.2 Å². The van der Waals surface area contributed by atoms with Crippen LogP contribution in [-0.2, 0) is 32.3 Å². The molecule has 0 aliphatic rings. The van der Waals surface area contributed by atoms with Crippen LogP contribution in [0.15, 0.2) is 60.7 Å². The van der Waals surface area contributed by atoms with Gasteiger partial charge in [-0.2, -0.15) is 0 Å². The van der Waals surface area contributed by atoms with Crippen molar-refractivity contribution in [3.05, 3.63) is 71.8 Å². The maximum absolute atomic E-state index is 11.8. The Kier molecular flexibility index (Phi) is 7.17. The monoisotopic (exact) mass is 357 g/mol. The topological polar surface area (TPSA) is 102 Å². The van der Waals surface area contributed by atoms with E-state index in [2.05, 4.69) is 5.32 Å². The molecule has 2 N–H and O–H groups in total. The van der Waals surface area contributed by atoms with Gasteiger partial charge in [-0.05, 0) is 11.1 Å². The minimum absolute atomic E-state index is 0.00251. The molecular formula is C19H19NO6. The Morgan fingerprint density at radius 3 is 1.85 bits per heavy atom. The summed E-state index contributed by atoms with van der Waals surface area (Å²) < 4.78 is 9.98. The van der Waals surface area contributed by atoms with Crippen molar-refractivity contribution in [2.24, 2.45) is 0 Å². The minimum atomic E-state index is -1.43. The van der Waals surface area contributed by atoms with E-state index in [0.717, 1.165) is 11.1 Å². The summed E-state index contributed by atoms with van der Waals surface area (Å²) in [5.41, 5.74) is 1.54. The fourth-order valence-electron chi connectivity index (χ4n) is 2.07. The van der Waals surface area contributed by atoms with Crippen molar-refractivity contribution in [1.82, 2.24) is 5.32 Å². The number of carbonyl (C=O) groups is 3. The number of amides is 1. The molecule has 26 heavy (non-hydrogen) atoms. The maximum Gasteiger partial charge on any atom is 0.408 e. The Labute approximate surface area is 150 Å². The molecule has 2 rings (SSSR count). The third-order valence-electron chi connectivity index (χ3n) is 3.42. The van der Waals surface area contributed by atoms with Crippen LogP contribution in [0.4, 0.5) is 4.79 Å². The molecule has 0 unspecified atom stereocenters. The first-order valence-electron chi connectivity index (χ1n) is 7.94. The van der Waals surface area contributed by atoms with Gasteiger partial charge in [0, 0.05) is 0 Å². The smallest absolute Gasteiger partial charge is 0.408 e. The molecular weight excluding hydrogens is 338 g/mol.